The molecule has 2 rings (SSSR count). The van der Waals surface area contributed by atoms with Gasteiger partial charge in [-0.1, -0.05) is 38.1 Å². The Morgan fingerprint density at radius 1 is 1.25 bits per heavy atom. The molecule has 86 valence electrons. The normalized spacial score (nSPS) is 27.2. The fourth-order valence-electron chi connectivity index (χ4n) is 2.46. The maximum Gasteiger partial charge on any atom is 0.328 e. The second kappa shape index (κ2) is 3.32. The molecule has 1 aliphatic carbocycles. The first-order valence-corrected chi connectivity index (χ1v) is 5.50. The number of hydrogen-bond donors (Lipinski definition) is 2. The Balaban J connectivity index is 2.64. The Morgan fingerprint density at radius 2 is 1.81 bits per heavy atom. The van der Waals surface area contributed by atoms with E-state index >= 15 is 0 Å². The Morgan fingerprint density at radius 3 is 2.38 bits per heavy atom. The Labute approximate surface area is 95.3 Å². The van der Waals surface area contributed by atoms with E-state index in [1.54, 1.807) is 0 Å². The molecule has 0 spiro atoms. The smallest absolute Gasteiger partial charge is 0.328 e. The second-order valence-electron chi connectivity index (χ2n) is 5.21. The van der Waals surface area contributed by atoms with E-state index in [9.17, 15) is 9.90 Å². The minimum atomic E-state index is -1.22. The zero-order chi connectivity index (χ0) is 12.0. The van der Waals surface area contributed by atoms with Crippen molar-refractivity contribution in [3.8, 4) is 0 Å². The molecular weight excluding hydrogens is 202 g/mol. The Hall–Kier alpha value is -1.35. The van der Waals surface area contributed by atoms with Crippen molar-refractivity contribution in [2.24, 2.45) is 5.73 Å². The topological polar surface area (TPSA) is 63.3 Å². The van der Waals surface area contributed by atoms with Gasteiger partial charge in [-0.15, -0.1) is 0 Å². The molecular formula is C13H17NO2. The Kier molecular flexibility index (Phi) is 2.31. The lowest BCUT2D eigenvalue weighted by molar-refractivity contribution is -0.144. The molecule has 16 heavy (non-hydrogen) atoms. The van der Waals surface area contributed by atoms with Crippen LogP contribution in [0.3, 0.4) is 0 Å². The van der Waals surface area contributed by atoms with Crippen LogP contribution in [0.5, 0.6) is 0 Å². The maximum atomic E-state index is 11.3. The highest BCUT2D eigenvalue weighted by atomic mass is 16.4. The van der Waals surface area contributed by atoms with Crippen molar-refractivity contribution in [3.63, 3.8) is 0 Å². The van der Waals surface area contributed by atoms with E-state index < -0.39 is 11.5 Å². The summed E-state index contributed by atoms with van der Waals surface area (Å²) in [5.74, 6) is -0.935. The summed E-state index contributed by atoms with van der Waals surface area (Å²) in [6.07, 6.45) is 1.29. The first-order chi connectivity index (χ1) is 7.38. The number of carbonyl (C=O) groups is 1. The number of aliphatic carboxylic acids is 1. The zero-order valence-electron chi connectivity index (χ0n) is 9.66. The predicted molar refractivity (Wildman–Crippen MR) is 62.2 cm³/mol. The maximum absolute atomic E-state index is 11.3. The highest BCUT2D eigenvalue weighted by molar-refractivity contribution is 5.81. The molecule has 0 radical (unpaired) electrons. The van der Waals surface area contributed by atoms with Gasteiger partial charge in [-0.05, 0) is 29.4 Å². The summed E-state index contributed by atoms with van der Waals surface area (Å²) in [5, 5.41) is 9.29. The van der Waals surface area contributed by atoms with E-state index in [2.05, 4.69) is 13.8 Å². The van der Waals surface area contributed by atoms with Gasteiger partial charge in [-0.25, -0.2) is 4.79 Å². The highest BCUT2D eigenvalue weighted by Crippen LogP contribution is 2.43. The molecule has 1 aromatic carbocycles. The van der Waals surface area contributed by atoms with Crippen molar-refractivity contribution in [2.75, 3.05) is 0 Å². The van der Waals surface area contributed by atoms with Crippen LogP contribution in [-0.4, -0.2) is 11.1 Å². The third kappa shape index (κ3) is 1.43. The number of carboxylic acid groups (broad SMARTS) is 1. The molecule has 0 unspecified atom stereocenters. The average Bonchev–Trinajstić information content (AvgIpc) is 2.24. The van der Waals surface area contributed by atoms with Crippen molar-refractivity contribution in [2.45, 2.75) is 37.6 Å². The van der Waals surface area contributed by atoms with Gasteiger partial charge in [-0.3, -0.25) is 0 Å². The summed E-state index contributed by atoms with van der Waals surface area (Å²) >= 11 is 0. The van der Waals surface area contributed by atoms with Crippen LogP contribution in [0.15, 0.2) is 24.3 Å². The van der Waals surface area contributed by atoms with Gasteiger partial charge in [0.1, 0.15) is 5.54 Å². The molecule has 0 bridgehead atoms. The number of carboxylic acids is 1. The van der Waals surface area contributed by atoms with Gasteiger partial charge in [0.2, 0.25) is 0 Å². The molecule has 0 heterocycles. The molecule has 0 saturated carbocycles. The van der Waals surface area contributed by atoms with Crippen LogP contribution in [0.25, 0.3) is 0 Å². The van der Waals surface area contributed by atoms with Gasteiger partial charge in [0.05, 0.1) is 0 Å². The number of nitrogens with two attached hydrogens (primary N) is 1. The summed E-state index contributed by atoms with van der Waals surface area (Å²) in [6, 6.07) is 7.61. The SMILES string of the molecule is CC1(C)CC[C@@](N)(C(=O)O)c2ccccc21. The van der Waals surface area contributed by atoms with Gasteiger partial charge in [0.25, 0.3) is 0 Å². The van der Waals surface area contributed by atoms with Crippen molar-refractivity contribution in [1.29, 1.82) is 0 Å². The molecule has 3 N–H and O–H groups in total. The van der Waals surface area contributed by atoms with Crippen LogP contribution in [0.2, 0.25) is 0 Å². The first-order valence-electron chi connectivity index (χ1n) is 5.50. The van der Waals surface area contributed by atoms with Crippen LogP contribution in [0, 0.1) is 0 Å². The number of rotatable bonds is 1. The van der Waals surface area contributed by atoms with Crippen molar-refractivity contribution in [1.82, 2.24) is 0 Å². The molecule has 0 fully saturated rings. The Bertz CT molecular complexity index is 439. The summed E-state index contributed by atoms with van der Waals surface area (Å²) < 4.78 is 0. The van der Waals surface area contributed by atoms with Gasteiger partial charge >= 0.3 is 5.97 Å². The third-order valence-electron chi connectivity index (χ3n) is 3.66. The predicted octanol–water partition coefficient (Wildman–Crippen LogP) is 2.00. The minimum absolute atomic E-state index is 0.00884. The van der Waals surface area contributed by atoms with Crippen LogP contribution in [0.1, 0.15) is 37.8 Å². The second-order valence-corrected chi connectivity index (χ2v) is 5.21. The number of fused-ring (bicyclic) bond motifs is 1. The van der Waals surface area contributed by atoms with Gasteiger partial charge < -0.3 is 10.8 Å². The minimum Gasteiger partial charge on any atom is -0.480 e. The van der Waals surface area contributed by atoms with E-state index in [-0.39, 0.29) is 5.41 Å². The lowest BCUT2D eigenvalue weighted by Gasteiger charge is -2.40. The summed E-state index contributed by atoms with van der Waals surface area (Å²) in [7, 11) is 0. The van der Waals surface area contributed by atoms with E-state index in [1.165, 1.54) is 0 Å². The number of hydrogen-bond acceptors (Lipinski definition) is 2. The molecule has 0 aromatic heterocycles. The monoisotopic (exact) mass is 219 g/mol. The van der Waals surface area contributed by atoms with Gasteiger partial charge in [0, 0.05) is 0 Å². The molecule has 1 aromatic rings. The molecule has 3 nitrogen and oxygen atoms in total. The average molecular weight is 219 g/mol. The van der Waals surface area contributed by atoms with Crippen LogP contribution < -0.4 is 5.73 Å². The molecule has 0 saturated heterocycles. The zero-order valence-corrected chi connectivity index (χ0v) is 9.66. The molecule has 1 aliphatic rings. The fourth-order valence-corrected chi connectivity index (χ4v) is 2.46. The largest absolute Gasteiger partial charge is 0.480 e. The summed E-state index contributed by atoms with van der Waals surface area (Å²) in [5.41, 5.74) is 6.65. The summed E-state index contributed by atoms with van der Waals surface area (Å²) in [6.45, 7) is 4.26. The van der Waals surface area contributed by atoms with Crippen LogP contribution in [0.4, 0.5) is 0 Å². The summed E-state index contributed by atoms with van der Waals surface area (Å²) in [4.78, 5) is 11.3. The van der Waals surface area contributed by atoms with Gasteiger partial charge in [-0.2, -0.15) is 0 Å². The molecule has 0 amide bonds. The van der Waals surface area contributed by atoms with Crippen molar-refractivity contribution >= 4 is 5.97 Å². The van der Waals surface area contributed by atoms with E-state index in [4.69, 9.17) is 5.73 Å². The standard InChI is InChI=1S/C13H17NO2/c1-12(2)7-8-13(14,11(15)16)10-6-4-3-5-9(10)12/h3-6H,7-8,14H2,1-2H3,(H,15,16)/t13-/m0/s1. The van der Waals surface area contributed by atoms with E-state index in [0.717, 1.165) is 17.5 Å². The molecule has 0 aliphatic heterocycles. The van der Waals surface area contributed by atoms with Gasteiger partial charge in [0.15, 0.2) is 0 Å². The first kappa shape index (κ1) is 11.1. The van der Waals surface area contributed by atoms with E-state index in [0.29, 0.717) is 6.42 Å². The lowest BCUT2D eigenvalue weighted by Crippen LogP contribution is -2.50. The molecule has 3 heteroatoms. The fraction of sp³-hybridized carbons (Fsp3) is 0.462. The number of benzene rings is 1. The molecule has 1 atom stereocenters. The van der Waals surface area contributed by atoms with Crippen molar-refractivity contribution < 1.29 is 9.90 Å². The van der Waals surface area contributed by atoms with Crippen LogP contribution in [-0.2, 0) is 15.7 Å². The van der Waals surface area contributed by atoms with E-state index in [1.807, 2.05) is 24.3 Å². The van der Waals surface area contributed by atoms with Crippen LogP contribution >= 0.6 is 0 Å². The van der Waals surface area contributed by atoms with Crippen molar-refractivity contribution in [3.05, 3.63) is 35.4 Å². The highest BCUT2D eigenvalue weighted by Gasteiger charge is 2.45. The lowest BCUT2D eigenvalue weighted by atomic mass is 9.66. The quantitative estimate of drug-likeness (QED) is 0.759. The third-order valence-corrected chi connectivity index (χ3v) is 3.66.